The fraction of sp³-hybridized carbons (Fsp3) is 0.337. The molecule has 0 saturated carbocycles. The Balaban J connectivity index is -0.000000712. The van der Waals surface area contributed by atoms with E-state index in [1.807, 2.05) is 98.0 Å². The number of rotatable bonds is 21. The number of fused-ring (bicyclic) bond motifs is 3. The number of nitrogens with one attached hydrogen (secondary N) is 2. The third-order valence-corrected chi connectivity index (χ3v) is 20.4. The molecule has 7 N–H and O–H groups in total. The Labute approximate surface area is 877 Å². The first-order valence-corrected chi connectivity index (χ1v) is 44.0. The van der Waals surface area contributed by atoms with E-state index in [-0.39, 0.29) is 122 Å². The molecule has 6 aromatic heterocycles. The number of nitrogens with two attached hydrogens (primary N) is 2. The third-order valence-electron chi connectivity index (χ3n) is 17.2. The summed E-state index contributed by atoms with van der Waals surface area (Å²) in [5.74, 6) is 5.61. The molecule has 4 radical (unpaired) electrons. The van der Waals surface area contributed by atoms with Gasteiger partial charge in [0, 0.05) is 145 Å². The molecular formula is C89H113Br7N18O13V4-4. The van der Waals surface area contributed by atoms with Crippen molar-refractivity contribution in [2.45, 2.75) is 136 Å². The monoisotopic (exact) mass is 2400 g/mol. The van der Waals surface area contributed by atoms with Crippen LogP contribution in [-0.2, 0) is 171 Å². The zero-order chi connectivity index (χ0) is 90.0. The summed E-state index contributed by atoms with van der Waals surface area (Å²) in [6, 6.07) is 31.5. The molecule has 0 aliphatic carbocycles. The van der Waals surface area contributed by atoms with E-state index in [2.05, 4.69) is 220 Å². The number of carbonyl (C=O) groups is 5. The maximum absolute atomic E-state index is 12.4. The van der Waals surface area contributed by atoms with Crippen molar-refractivity contribution in [1.82, 2.24) is 59.8 Å². The predicted molar refractivity (Wildman–Crippen MR) is 523 cm³/mol. The van der Waals surface area contributed by atoms with Crippen LogP contribution in [0.3, 0.4) is 0 Å². The minimum absolute atomic E-state index is 0. The number of nitrogens with zero attached hydrogens (tertiary/aromatic N) is 14. The Morgan fingerprint density at radius 3 is 1.37 bits per heavy atom. The van der Waals surface area contributed by atoms with Gasteiger partial charge in [-0.1, -0.05) is 55.1 Å². The van der Waals surface area contributed by atoms with Crippen LogP contribution in [0.1, 0.15) is 128 Å². The molecule has 0 saturated heterocycles. The normalized spacial score (nSPS) is 11.1. The number of hydrogen-bond acceptors (Lipinski definition) is 29. The van der Waals surface area contributed by atoms with Gasteiger partial charge < -0.3 is 95.0 Å². The van der Waals surface area contributed by atoms with Crippen molar-refractivity contribution in [2.75, 3.05) is 89.0 Å². The van der Waals surface area contributed by atoms with E-state index in [4.69, 9.17) is 40.3 Å². The summed E-state index contributed by atoms with van der Waals surface area (Å²) in [5, 5.41) is 14.0. The Bertz CT molecular complexity index is 4930. The van der Waals surface area contributed by atoms with Crippen LogP contribution in [0.4, 0.5) is 29.1 Å². The molecular weight excluding hydrogens is 2290 g/mol. The number of aromatic nitrogens is 12. The summed E-state index contributed by atoms with van der Waals surface area (Å²) in [7, 11) is 10.7. The Hall–Kier alpha value is -7.49. The average Bonchev–Trinajstić information content (AvgIpc) is 1.72. The Morgan fingerprint density at radius 1 is 0.496 bits per heavy atom. The zero-order valence-corrected chi connectivity index (χ0v) is 92.2. The van der Waals surface area contributed by atoms with E-state index in [0.29, 0.717) is 110 Å². The van der Waals surface area contributed by atoms with E-state index >= 15 is 0 Å². The molecule has 3 aliphatic rings. The van der Waals surface area contributed by atoms with Gasteiger partial charge in [-0.25, -0.2) is 39.7 Å². The largest absolute Gasteiger partial charge is 0.497 e. The standard InChI is InChI=1S/C17H20BrN3O3.C16H16BrN3O2.C16H18BrN3O.C9H10Br2N2O2.C9H13N3.C8H11NO.C4H3Br2N3.C4H6O2.C2H4O2.4CH3.4V/c1-23-13-8-6-12(7-9-13)10-20-17-14(19-11-15(18)21-17)4-3-5-16(22)24-2;1-22-12-7-5-11(6-8-12)10-20-15(21)4-2-3-13-16(20)19-14(17)9-18-13;1-21-13-7-5-12(6-8-13)11-20-9-3-2-4-14-16(20)19-15(17)10-18-14;1-15-8(14)4-2-3-6-9(11)13-7(10)5-12-6;1-7-6-11-8-4-2-3-5-10-9(8)12-7;1-10-8-4-2-7(6-9)3-5-8;5-2-1-8-4(7)3(6)9-2;1-3-4(5)6-2;1-2(3)4;;;;;;;;/h6-9,11H,3-5,10H2,1-2H3,(H,20,21);5-9H,2-4,10H2,1H3;5-8,10H,2-4,9,11H2,1H3;5H,2-4H2,1H3;6H,2-5H2,1H3,(H,10,12);2-5H,6,9H2,1H3;1H,(H2,7,8);3H,1H2,2H3;1H3,(H,3,4);4*1H3;;;;/q;;;;;;;;;4*-1;;;;. The number of nitrogen functional groups attached to an aromatic ring is 1. The fourth-order valence-corrected chi connectivity index (χ4v) is 13.6. The van der Waals surface area contributed by atoms with Crippen LogP contribution >= 0.6 is 112 Å². The summed E-state index contributed by atoms with van der Waals surface area (Å²) < 4.78 is 38.6. The molecule has 13 rings (SSSR count). The first kappa shape index (κ1) is 130. The number of esters is 3. The van der Waals surface area contributed by atoms with E-state index in [1.54, 1.807) is 64.3 Å². The molecule has 0 spiro atoms. The number of methoxy groups -OCH3 is 7. The second-order valence-electron chi connectivity index (χ2n) is 26.2. The Kier molecular flexibility index (Phi) is 73.2. The van der Waals surface area contributed by atoms with Crippen molar-refractivity contribution in [3.63, 3.8) is 0 Å². The number of halogens is 7. The van der Waals surface area contributed by atoms with Gasteiger partial charge in [0.15, 0.2) is 17.5 Å². The molecule has 4 aromatic carbocycles. The quantitative estimate of drug-likeness (QED) is 0.0193. The number of carboxylic acids is 1. The van der Waals surface area contributed by atoms with Crippen molar-refractivity contribution in [2.24, 2.45) is 5.73 Å². The van der Waals surface area contributed by atoms with Crippen LogP contribution in [0.15, 0.2) is 179 Å². The molecule has 42 heteroatoms. The van der Waals surface area contributed by atoms with Gasteiger partial charge in [-0.05, 0) is 266 Å². The summed E-state index contributed by atoms with van der Waals surface area (Å²) >= 11 is 22.9. The molecule has 0 fully saturated rings. The van der Waals surface area contributed by atoms with Crippen LogP contribution < -0.4 is 50.8 Å². The van der Waals surface area contributed by atoms with Crippen LogP contribution in [0.2, 0.25) is 0 Å². The van der Waals surface area contributed by atoms with Crippen LogP contribution in [0, 0.1) is 36.6 Å². The van der Waals surface area contributed by atoms with Crippen molar-refractivity contribution in [3.05, 3.63) is 265 Å². The molecule has 0 unspecified atom stereocenters. The minimum atomic E-state index is -0.833. The minimum Gasteiger partial charge on any atom is -0.497 e. The number of benzene rings is 4. The van der Waals surface area contributed by atoms with Crippen molar-refractivity contribution in [3.8, 4) is 23.0 Å². The summed E-state index contributed by atoms with van der Waals surface area (Å²) in [4.78, 5) is 109. The van der Waals surface area contributed by atoms with Gasteiger partial charge in [0.2, 0.25) is 5.91 Å². The fourth-order valence-electron chi connectivity index (χ4n) is 11.0. The smallest absolute Gasteiger partial charge is 0.329 e. The van der Waals surface area contributed by atoms with Gasteiger partial charge in [0.1, 0.15) is 66.9 Å². The van der Waals surface area contributed by atoms with Crippen LogP contribution in [0.5, 0.6) is 23.0 Å². The van der Waals surface area contributed by atoms with Gasteiger partial charge >= 0.3 is 17.9 Å². The summed E-state index contributed by atoms with van der Waals surface area (Å²) in [5.41, 5.74) is 21.0. The van der Waals surface area contributed by atoms with E-state index in [1.165, 1.54) is 52.6 Å². The first-order valence-electron chi connectivity index (χ1n) is 38.4. The third kappa shape index (κ3) is 51.1. The number of anilines is 5. The molecule has 31 nitrogen and oxygen atoms in total. The SMILES string of the molecule is C=CC(=O)OC.CC(=O)O.COC(=O)CCCc1ncc(Br)nc1Br.COC(=O)CCCc1ncc(Br)nc1NCc1ccc(OC)cc1.COc1ccc(CN)cc1.COc1ccc(CN2C(=O)CCCc3ncc(Br)nc32)cc1.COc1ccc(CN2CCCCc3ncc(Br)nc32)cc1.Cc1cnc2c(n1)NCCCC2.Nc1ncc(Br)nc1Br.[CH3-].[CH3-].[CH3-].[CH3-].[V].[V].[V].[V]. The average molecular weight is 2410 g/mol. The molecule has 131 heavy (non-hydrogen) atoms. The maximum atomic E-state index is 12.4. The van der Waals surface area contributed by atoms with Crippen LogP contribution in [0.25, 0.3) is 0 Å². The van der Waals surface area contributed by atoms with Gasteiger partial charge in [-0.2, -0.15) is 0 Å². The molecule has 710 valence electrons. The second-order valence-corrected chi connectivity index (χ2v) is 31.7. The van der Waals surface area contributed by atoms with E-state index < -0.39 is 11.9 Å². The van der Waals surface area contributed by atoms with E-state index in [9.17, 15) is 19.2 Å². The first-order chi connectivity index (χ1) is 59.1. The topological polar surface area (TPSA) is 407 Å². The maximum Gasteiger partial charge on any atom is 0.329 e. The van der Waals surface area contributed by atoms with Crippen molar-refractivity contribution >= 4 is 170 Å². The number of aryl methyl sites for hydroxylation is 6. The van der Waals surface area contributed by atoms with Gasteiger partial charge in [-0.3, -0.25) is 49.0 Å². The number of carbonyl (C=O) groups excluding carboxylic acids is 4. The van der Waals surface area contributed by atoms with Gasteiger partial charge in [0.05, 0.1) is 121 Å². The number of carboxylic acid groups (broad SMARTS) is 1. The number of amides is 1. The predicted octanol–water partition coefficient (Wildman–Crippen LogP) is 19.1. The molecule has 10 aromatic rings. The zero-order valence-electron chi connectivity index (χ0n) is 75.5. The number of hydrogen-bond donors (Lipinski definition) is 5. The summed E-state index contributed by atoms with van der Waals surface area (Å²) in [6.07, 6.45) is 23.7. The molecule has 0 bridgehead atoms. The van der Waals surface area contributed by atoms with Crippen LogP contribution in [-0.4, -0.2) is 158 Å². The van der Waals surface area contributed by atoms with E-state index in [0.717, 1.165) is 148 Å². The molecule has 0 atom stereocenters. The number of aliphatic carboxylic acids is 1. The molecule has 9 heterocycles. The second kappa shape index (κ2) is 73.8. The molecule has 3 aliphatic heterocycles. The van der Waals surface area contributed by atoms with Gasteiger partial charge in [0.25, 0.3) is 5.97 Å². The van der Waals surface area contributed by atoms with Crippen molar-refractivity contribution < 1.29 is 136 Å². The molecule has 1 amide bonds. The Morgan fingerprint density at radius 2 is 0.908 bits per heavy atom. The summed E-state index contributed by atoms with van der Waals surface area (Å²) in [6.45, 7) is 10.8. The number of ether oxygens (including phenoxy) is 7. The van der Waals surface area contributed by atoms with Gasteiger partial charge in [-0.15, -0.1) is 0 Å². The van der Waals surface area contributed by atoms with Crippen molar-refractivity contribution in [1.29, 1.82) is 0 Å².